The topological polar surface area (TPSA) is 58.5 Å². The maximum Gasteiger partial charge on any atom is 0.219 e. The molecule has 1 aliphatic carbocycles. The zero-order chi connectivity index (χ0) is 17.5. The van der Waals surface area contributed by atoms with Crippen LogP contribution in [0.2, 0.25) is 0 Å². The second-order valence-corrected chi connectivity index (χ2v) is 6.08. The maximum atomic E-state index is 12.9. The molecule has 7 heteroatoms. The zero-order valence-corrected chi connectivity index (χ0v) is 17.1. The first-order valence-corrected chi connectivity index (χ1v) is 8.63. The van der Waals surface area contributed by atoms with Crippen molar-refractivity contribution in [1.29, 1.82) is 0 Å². The van der Waals surface area contributed by atoms with Gasteiger partial charge in [0.1, 0.15) is 11.6 Å². The number of nitrogens with one attached hydrogen (secondary N) is 2. The van der Waals surface area contributed by atoms with Crippen molar-refractivity contribution in [2.45, 2.75) is 26.3 Å². The molecule has 0 radical (unpaired) electrons. The van der Waals surface area contributed by atoms with Gasteiger partial charge in [0.15, 0.2) is 5.96 Å². The third-order valence-corrected chi connectivity index (χ3v) is 3.85. The molecule has 1 aliphatic rings. The highest BCUT2D eigenvalue weighted by atomic mass is 127. The summed E-state index contributed by atoms with van der Waals surface area (Å²) >= 11 is 0. The first kappa shape index (κ1) is 20.4. The van der Waals surface area contributed by atoms with E-state index in [1.165, 1.54) is 25.0 Å². The summed E-state index contributed by atoms with van der Waals surface area (Å²) in [4.78, 5) is 8.80. The Morgan fingerprint density at radius 2 is 2.00 bits per heavy atom. The molecule has 0 amide bonds. The molecule has 3 rings (SSSR count). The van der Waals surface area contributed by atoms with E-state index in [9.17, 15) is 4.39 Å². The van der Waals surface area contributed by atoms with Crippen LogP contribution in [0.15, 0.2) is 47.6 Å². The van der Waals surface area contributed by atoms with Gasteiger partial charge >= 0.3 is 0 Å². The number of aromatic nitrogens is 1. The lowest BCUT2D eigenvalue weighted by Gasteiger charge is -2.11. The van der Waals surface area contributed by atoms with Crippen LogP contribution in [0.3, 0.4) is 0 Å². The van der Waals surface area contributed by atoms with E-state index in [0.717, 1.165) is 30.5 Å². The van der Waals surface area contributed by atoms with Gasteiger partial charge < -0.3 is 15.4 Å². The van der Waals surface area contributed by atoms with Gasteiger partial charge in [-0.15, -0.1) is 24.0 Å². The Labute approximate surface area is 170 Å². The molecular weight excluding hydrogens is 446 g/mol. The molecular formula is C19H24FIN4O. The van der Waals surface area contributed by atoms with Crippen molar-refractivity contribution in [3.8, 4) is 11.6 Å². The fraction of sp³-hybridized carbons (Fsp3) is 0.368. The maximum absolute atomic E-state index is 12.9. The van der Waals surface area contributed by atoms with Crippen LogP contribution in [-0.2, 0) is 6.54 Å². The predicted molar refractivity (Wildman–Crippen MR) is 112 cm³/mol. The van der Waals surface area contributed by atoms with Gasteiger partial charge in [0.25, 0.3) is 0 Å². The molecule has 1 heterocycles. The van der Waals surface area contributed by atoms with Crippen LogP contribution in [0, 0.1) is 11.7 Å². The van der Waals surface area contributed by atoms with E-state index >= 15 is 0 Å². The Kier molecular flexibility index (Phi) is 8.08. The van der Waals surface area contributed by atoms with Crippen molar-refractivity contribution in [1.82, 2.24) is 15.6 Å². The Bertz CT molecular complexity index is 720. The highest BCUT2D eigenvalue weighted by Crippen LogP contribution is 2.27. The van der Waals surface area contributed by atoms with E-state index in [0.29, 0.717) is 18.2 Å². The molecule has 140 valence electrons. The monoisotopic (exact) mass is 470 g/mol. The van der Waals surface area contributed by atoms with Gasteiger partial charge in [0.2, 0.25) is 5.88 Å². The molecule has 5 nitrogen and oxygen atoms in total. The second-order valence-electron chi connectivity index (χ2n) is 6.08. The summed E-state index contributed by atoms with van der Waals surface area (Å²) in [5, 5.41) is 6.62. The molecule has 0 bridgehead atoms. The first-order valence-electron chi connectivity index (χ1n) is 8.63. The molecule has 0 atom stereocenters. The number of guanidine groups is 1. The van der Waals surface area contributed by atoms with E-state index in [1.807, 2.05) is 12.1 Å². The lowest BCUT2D eigenvalue weighted by atomic mass is 10.2. The Balaban J connectivity index is 0.00000243. The average molecular weight is 470 g/mol. The normalized spacial score (nSPS) is 13.7. The summed E-state index contributed by atoms with van der Waals surface area (Å²) < 4.78 is 18.6. The summed E-state index contributed by atoms with van der Waals surface area (Å²) in [5.41, 5.74) is 0.996. The lowest BCUT2D eigenvalue weighted by molar-refractivity contribution is 0.460. The molecule has 26 heavy (non-hydrogen) atoms. The quantitative estimate of drug-likeness (QED) is 0.364. The van der Waals surface area contributed by atoms with Gasteiger partial charge in [-0.3, -0.25) is 0 Å². The molecule has 2 N–H and O–H groups in total. The second kappa shape index (κ2) is 10.3. The van der Waals surface area contributed by atoms with E-state index in [-0.39, 0.29) is 29.8 Å². The molecule has 2 aromatic rings. The lowest BCUT2D eigenvalue weighted by Crippen LogP contribution is -2.38. The number of halogens is 2. The summed E-state index contributed by atoms with van der Waals surface area (Å²) in [6.07, 6.45) is 4.30. The molecule has 0 aliphatic heterocycles. The van der Waals surface area contributed by atoms with Crippen LogP contribution in [0.5, 0.6) is 11.6 Å². The van der Waals surface area contributed by atoms with Crippen molar-refractivity contribution >= 4 is 29.9 Å². The smallest absolute Gasteiger partial charge is 0.219 e. The van der Waals surface area contributed by atoms with Crippen molar-refractivity contribution in [2.24, 2.45) is 10.9 Å². The van der Waals surface area contributed by atoms with Gasteiger partial charge in [-0.2, -0.15) is 0 Å². The molecule has 1 aromatic carbocycles. The Morgan fingerprint density at radius 3 is 2.69 bits per heavy atom. The molecule has 1 saturated carbocycles. The average Bonchev–Trinajstić information content (AvgIpc) is 3.44. The van der Waals surface area contributed by atoms with Crippen molar-refractivity contribution < 1.29 is 9.13 Å². The van der Waals surface area contributed by atoms with Gasteiger partial charge in [-0.05, 0) is 61.6 Å². The molecule has 0 spiro atoms. The number of rotatable bonds is 7. The first-order chi connectivity index (χ1) is 12.2. The number of hydrogen-bond acceptors (Lipinski definition) is 3. The minimum atomic E-state index is -0.293. The van der Waals surface area contributed by atoms with Crippen molar-refractivity contribution in [2.75, 3.05) is 13.1 Å². The third kappa shape index (κ3) is 6.78. The molecule has 0 saturated heterocycles. The summed E-state index contributed by atoms with van der Waals surface area (Å²) in [5.74, 6) is 2.34. The van der Waals surface area contributed by atoms with E-state index in [4.69, 9.17) is 4.74 Å². The Morgan fingerprint density at radius 1 is 1.23 bits per heavy atom. The predicted octanol–water partition coefficient (Wildman–Crippen LogP) is 4.10. The highest BCUT2D eigenvalue weighted by Gasteiger charge is 2.21. The van der Waals surface area contributed by atoms with E-state index < -0.39 is 0 Å². The zero-order valence-electron chi connectivity index (χ0n) is 14.7. The van der Waals surface area contributed by atoms with Gasteiger partial charge in [0, 0.05) is 25.4 Å². The minimum Gasteiger partial charge on any atom is -0.439 e. The van der Waals surface area contributed by atoms with E-state index in [2.05, 4.69) is 27.5 Å². The van der Waals surface area contributed by atoms with Crippen molar-refractivity contribution in [3.63, 3.8) is 0 Å². The molecule has 0 unspecified atom stereocenters. The van der Waals surface area contributed by atoms with Crippen LogP contribution in [0.25, 0.3) is 0 Å². The summed E-state index contributed by atoms with van der Waals surface area (Å²) in [6, 6.07) is 9.62. The van der Waals surface area contributed by atoms with E-state index in [1.54, 1.807) is 18.3 Å². The highest BCUT2D eigenvalue weighted by molar-refractivity contribution is 14.0. The standard InChI is InChI=1S/C19H23FN4O.HI/c1-2-21-19(23-12-14-3-4-14)24-13-15-9-10-22-18(11-15)25-17-7-5-16(20)6-8-17;/h5-11,14H,2-4,12-13H2,1H3,(H2,21,23,24);1H. The Hall–Kier alpha value is -1.90. The minimum absolute atomic E-state index is 0. The number of ether oxygens (including phenoxy) is 1. The van der Waals surface area contributed by atoms with Crippen LogP contribution in [0.4, 0.5) is 4.39 Å². The molecule has 1 aromatic heterocycles. The number of aliphatic imine (C=N–C) groups is 1. The number of hydrogen-bond donors (Lipinski definition) is 2. The fourth-order valence-electron chi connectivity index (χ4n) is 2.30. The number of pyridine rings is 1. The van der Waals surface area contributed by atoms with Crippen LogP contribution < -0.4 is 15.4 Å². The van der Waals surface area contributed by atoms with Gasteiger partial charge in [-0.25, -0.2) is 14.4 Å². The number of nitrogens with zero attached hydrogens (tertiary/aromatic N) is 2. The fourth-order valence-corrected chi connectivity index (χ4v) is 2.30. The van der Waals surface area contributed by atoms with Crippen molar-refractivity contribution in [3.05, 3.63) is 54.0 Å². The van der Waals surface area contributed by atoms with Crippen LogP contribution >= 0.6 is 24.0 Å². The third-order valence-electron chi connectivity index (χ3n) is 3.85. The van der Waals surface area contributed by atoms with Gasteiger partial charge in [0.05, 0.1) is 6.54 Å². The van der Waals surface area contributed by atoms with Crippen LogP contribution in [0.1, 0.15) is 25.3 Å². The summed E-state index contributed by atoms with van der Waals surface area (Å²) in [7, 11) is 0. The van der Waals surface area contributed by atoms with Crippen LogP contribution in [-0.4, -0.2) is 24.0 Å². The largest absolute Gasteiger partial charge is 0.439 e. The number of benzene rings is 1. The molecule has 1 fully saturated rings. The SMILES string of the molecule is CCNC(=NCc1ccnc(Oc2ccc(F)cc2)c1)NCC1CC1.I. The van der Waals surface area contributed by atoms with Gasteiger partial charge in [-0.1, -0.05) is 0 Å². The summed E-state index contributed by atoms with van der Waals surface area (Å²) in [6.45, 7) is 4.38.